The number of halogens is 1. The summed E-state index contributed by atoms with van der Waals surface area (Å²) >= 11 is 5.91. The van der Waals surface area contributed by atoms with E-state index in [4.69, 9.17) is 21.4 Å². The summed E-state index contributed by atoms with van der Waals surface area (Å²) in [6.07, 6.45) is 1.30. The Morgan fingerprint density at radius 2 is 2.35 bits per heavy atom. The Morgan fingerprint density at radius 3 is 3.00 bits per heavy atom. The van der Waals surface area contributed by atoms with Gasteiger partial charge in [-0.3, -0.25) is 4.79 Å². The number of hydrogen-bond donors (Lipinski definition) is 2. The first-order valence-electron chi connectivity index (χ1n) is 6.45. The van der Waals surface area contributed by atoms with Crippen molar-refractivity contribution in [3.63, 3.8) is 0 Å². The van der Waals surface area contributed by atoms with Gasteiger partial charge < -0.3 is 15.2 Å². The quantitative estimate of drug-likeness (QED) is 0.822. The number of nitrogens with one attached hydrogen (secondary N) is 1. The van der Waals surface area contributed by atoms with Crippen molar-refractivity contribution in [1.82, 2.24) is 0 Å². The van der Waals surface area contributed by atoms with Crippen LogP contribution < -0.4 is 5.32 Å². The number of anilines is 1. The van der Waals surface area contributed by atoms with Crippen molar-refractivity contribution in [2.45, 2.75) is 32.0 Å². The Hall–Kier alpha value is -1.54. The Bertz CT molecular complexity index is 562. The molecule has 4 nitrogen and oxygen atoms in total. The molecular weight excluding hydrogens is 278 g/mol. The van der Waals surface area contributed by atoms with Crippen LogP contribution in [-0.4, -0.2) is 29.8 Å². The second kappa shape index (κ2) is 6.76. The molecule has 0 radical (unpaired) electrons. The highest BCUT2D eigenvalue weighted by Crippen LogP contribution is 2.23. The smallest absolute Gasteiger partial charge is 0.253 e. The molecule has 0 spiro atoms. The number of carbonyl (C=O) groups is 1. The van der Waals surface area contributed by atoms with Crippen LogP contribution in [0.25, 0.3) is 0 Å². The minimum Gasteiger partial charge on any atom is -0.384 e. The molecule has 1 heterocycles. The van der Waals surface area contributed by atoms with Gasteiger partial charge in [0.1, 0.15) is 12.7 Å². The van der Waals surface area contributed by atoms with Gasteiger partial charge in [0.25, 0.3) is 5.91 Å². The Kier molecular flexibility index (Phi) is 5.02. The van der Waals surface area contributed by atoms with Gasteiger partial charge in [-0.15, -0.1) is 0 Å². The van der Waals surface area contributed by atoms with E-state index in [9.17, 15) is 4.79 Å². The number of ether oxygens (including phenoxy) is 1. The summed E-state index contributed by atoms with van der Waals surface area (Å²) in [6.45, 7) is 1.71. The number of carbonyl (C=O) groups excluding carboxylic acids is 1. The van der Waals surface area contributed by atoms with Gasteiger partial charge in [-0.2, -0.15) is 0 Å². The van der Waals surface area contributed by atoms with Gasteiger partial charge >= 0.3 is 0 Å². The average Bonchev–Trinajstić information content (AvgIpc) is 2.85. The Morgan fingerprint density at radius 1 is 1.55 bits per heavy atom. The van der Waals surface area contributed by atoms with Gasteiger partial charge in [0.15, 0.2) is 0 Å². The molecule has 0 saturated carbocycles. The Balaban J connectivity index is 2.14. The van der Waals surface area contributed by atoms with E-state index < -0.39 is 6.10 Å². The zero-order valence-corrected chi connectivity index (χ0v) is 11.9. The molecule has 2 rings (SSSR count). The fourth-order valence-corrected chi connectivity index (χ4v) is 2.24. The van der Waals surface area contributed by atoms with Crippen LogP contribution in [0.5, 0.6) is 0 Å². The van der Waals surface area contributed by atoms with E-state index in [2.05, 4.69) is 17.2 Å². The van der Waals surface area contributed by atoms with Crippen LogP contribution in [0.1, 0.15) is 25.3 Å². The molecule has 0 aliphatic carbocycles. The second-order valence-electron chi connectivity index (χ2n) is 4.65. The molecule has 2 unspecified atom stereocenters. The summed E-state index contributed by atoms with van der Waals surface area (Å²) in [5.41, 5.74) is 1.15. The van der Waals surface area contributed by atoms with Crippen LogP contribution in [-0.2, 0) is 9.53 Å². The van der Waals surface area contributed by atoms with Crippen molar-refractivity contribution in [2.24, 2.45) is 0 Å². The van der Waals surface area contributed by atoms with Crippen molar-refractivity contribution in [1.29, 1.82) is 0 Å². The van der Waals surface area contributed by atoms with Crippen LogP contribution in [0.15, 0.2) is 18.2 Å². The molecule has 1 aliphatic heterocycles. The van der Waals surface area contributed by atoms with E-state index in [0.29, 0.717) is 16.3 Å². The lowest BCUT2D eigenvalue weighted by Crippen LogP contribution is -2.28. The first kappa shape index (κ1) is 14.9. The number of rotatable bonds is 2. The normalized spacial score (nSPS) is 21.1. The summed E-state index contributed by atoms with van der Waals surface area (Å²) < 4.78 is 5.53. The molecule has 2 atom stereocenters. The van der Waals surface area contributed by atoms with Gasteiger partial charge in [0.05, 0.1) is 11.8 Å². The monoisotopic (exact) mass is 293 g/mol. The SMILES string of the molecule is CC1CCC(C(=O)Nc2ccc(Cl)cc2C#CCO)O1. The highest BCUT2D eigenvalue weighted by atomic mass is 35.5. The number of benzene rings is 1. The van der Waals surface area contributed by atoms with Crippen molar-refractivity contribution < 1.29 is 14.6 Å². The third-order valence-corrected chi connectivity index (χ3v) is 3.30. The highest BCUT2D eigenvalue weighted by Gasteiger charge is 2.28. The van der Waals surface area contributed by atoms with E-state index in [1.807, 2.05) is 6.92 Å². The molecule has 1 aromatic carbocycles. The van der Waals surface area contributed by atoms with Crippen LogP contribution in [0, 0.1) is 11.8 Å². The third kappa shape index (κ3) is 3.73. The van der Waals surface area contributed by atoms with Crippen molar-refractivity contribution in [3.8, 4) is 11.8 Å². The lowest BCUT2D eigenvalue weighted by molar-refractivity contribution is -0.126. The molecule has 106 valence electrons. The molecule has 20 heavy (non-hydrogen) atoms. The standard InChI is InChI=1S/C15H16ClNO3/c1-10-4-7-14(20-10)15(19)17-13-6-5-12(16)9-11(13)3-2-8-18/h5-6,9-10,14,18H,4,7-8H2,1H3,(H,17,19). The molecule has 1 saturated heterocycles. The van der Waals surface area contributed by atoms with E-state index in [-0.39, 0.29) is 18.6 Å². The molecule has 0 bridgehead atoms. The van der Waals surface area contributed by atoms with Gasteiger partial charge in [0, 0.05) is 10.6 Å². The Labute approximate surface area is 123 Å². The molecule has 1 aromatic rings. The number of hydrogen-bond acceptors (Lipinski definition) is 3. The van der Waals surface area contributed by atoms with E-state index in [0.717, 1.165) is 12.8 Å². The maximum atomic E-state index is 12.1. The van der Waals surface area contributed by atoms with Gasteiger partial charge in [-0.05, 0) is 38.0 Å². The fraction of sp³-hybridized carbons (Fsp3) is 0.400. The molecule has 2 N–H and O–H groups in total. The summed E-state index contributed by atoms with van der Waals surface area (Å²) in [6, 6.07) is 5.03. The fourth-order valence-electron chi connectivity index (χ4n) is 2.07. The largest absolute Gasteiger partial charge is 0.384 e. The van der Waals surface area contributed by atoms with Crippen LogP contribution >= 0.6 is 11.6 Å². The van der Waals surface area contributed by atoms with Crippen molar-refractivity contribution in [2.75, 3.05) is 11.9 Å². The number of amides is 1. The maximum absolute atomic E-state index is 12.1. The minimum absolute atomic E-state index is 0.115. The topological polar surface area (TPSA) is 58.6 Å². The van der Waals surface area contributed by atoms with E-state index in [1.165, 1.54) is 0 Å². The zero-order valence-electron chi connectivity index (χ0n) is 11.1. The lowest BCUT2D eigenvalue weighted by Gasteiger charge is -2.13. The first-order chi connectivity index (χ1) is 9.60. The van der Waals surface area contributed by atoms with Crippen LogP contribution in [0.2, 0.25) is 5.02 Å². The van der Waals surface area contributed by atoms with Gasteiger partial charge in [-0.1, -0.05) is 23.4 Å². The van der Waals surface area contributed by atoms with Crippen molar-refractivity contribution in [3.05, 3.63) is 28.8 Å². The van der Waals surface area contributed by atoms with E-state index >= 15 is 0 Å². The lowest BCUT2D eigenvalue weighted by atomic mass is 10.1. The predicted molar refractivity (Wildman–Crippen MR) is 77.6 cm³/mol. The number of aliphatic hydroxyl groups is 1. The van der Waals surface area contributed by atoms with Crippen LogP contribution in [0.3, 0.4) is 0 Å². The predicted octanol–water partition coefficient (Wildman–Crippen LogP) is 2.19. The van der Waals surface area contributed by atoms with Crippen LogP contribution in [0.4, 0.5) is 5.69 Å². The van der Waals surface area contributed by atoms with Gasteiger partial charge in [-0.25, -0.2) is 0 Å². The van der Waals surface area contributed by atoms with Crippen molar-refractivity contribution >= 4 is 23.2 Å². The summed E-state index contributed by atoms with van der Waals surface area (Å²) in [7, 11) is 0. The molecular formula is C15H16ClNO3. The maximum Gasteiger partial charge on any atom is 0.253 e. The summed E-state index contributed by atoms with van der Waals surface area (Å²) in [4.78, 5) is 12.1. The second-order valence-corrected chi connectivity index (χ2v) is 5.09. The van der Waals surface area contributed by atoms with E-state index in [1.54, 1.807) is 18.2 Å². The molecule has 0 aromatic heterocycles. The first-order valence-corrected chi connectivity index (χ1v) is 6.83. The number of aliphatic hydroxyl groups excluding tert-OH is 1. The summed E-state index contributed by atoms with van der Waals surface area (Å²) in [5, 5.41) is 12.1. The summed E-state index contributed by atoms with van der Waals surface area (Å²) in [5.74, 6) is 5.14. The average molecular weight is 294 g/mol. The molecule has 1 aliphatic rings. The third-order valence-electron chi connectivity index (χ3n) is 3.07. The van der Waals surface area contributed by atoms with Gasteiger partial charge in [0.2, 0.25) is 0 Å². The zero-order chi connectivity index (χ0) is 14.5. The molecule has 5 heteroatoms. The molecule has 1 amide bonds. The molecule has 1 fully saturated rings. The minimum atomic E-state index is -0.417. The highest BCUT2D eigenvalue weighted by molar-refractivity contribution is 6.30.